The molecule has 0 aliphatic rings. The van der Waals surface area contributed by atoms with Crippen LogP contribution in [0.3, 0.4) is 0 Å². The summed E-state index contributed by atoms with van der Waals surface area (Å²) in [5.74, 6) is 1.34. The summed E-state index contributed by atoms with van der Waals surface area (Å²) in [5, 5.41) is 13.9. The van der Waals surface area contributed by atoms with E-state index in [-0.39, 0.29) is 0 Å². The third-order valence-electron chi connectivity index (χ3n) is 18.2. The Morgan fingerprint density at radius 3 is 1.14 bits per heavy atom. The smallest absolute Gasteiger partial charge is 0.237 e. The molecule has 0 saturated heterocycles. The number of furan rings is 1. The summed E-state index contributed by atoms with van der Waals surface area (Å²) in [6.07, 6.45) is 0. The summed E-state index contributed by atoms with van der Waals surface area (Å²) in [4.78, 5) is 11.4. The monoisotopic (exact) mass is 1110 g/mol. The van der Waals surface area contributed by atoms with Crippen LogP contribution in [0.15, 0.2) is 296 Å². The van der Waals surface area contributed by atoms with Crippen molar-refractivity contribution in [1.29, 1.82) is 0 Å². The van der Waals surface area contributed by atoms with Crippen LogP contribution in [0.4, 0.5) is 0 Å². The highest BCUT2D eigenvalue weighted by Crippen LogP contribution is 2.43. The first-order valence-electron chi connectivity index (χ1n) is 29.6. The lowest BCUT2D eigenvalue weighted by Gasteiger charge is -2.14. The van der Waals surface area contributed by atoms with Crippen LogP contribution in [0.2, 0.25) is 0 Å². The summed E-state index contributed by atoms with van der Waals surface area (Å²) < 4.78 is 15.9. The molecule has 0 amide bonds. The number of nitrogens with zero attached hydrogens (tertiary/aromatic N) is 6. The molecule has 0 bridgehead atoms. The van der Waals surface area contributed by atoms with Crippen LogP contribution >= 0.6 is 0 Å². The first-order chi connectivity index (χ1) is 43.1. The molecule has 7 heteroatoms. The molecule has 19 rings (SSSR count). The van der Waals surface area contributed by atoms with Gasteiger partial charge >= 0.3 is 0 Å². The molecular formula is C80H48N6O. The molecule has 19 aromatic rings. The third kappa shape index (κ3) is 7.11. The number of benzene rings is 13. The van der Waals surface area contributed by atoms with Gasteiger partial charge in [-0.2, -0.15) is 4.98 Å². The summed E-state index contributed by atoms with van der Waals surface area (Å²) >= 11 is 0. The standard InChI is InChI=1S/C80H48N6O/c1-3-18-55(19-4-1)83-68-27-13-9-23-58(68)62-43-50(31-37-72(62)83)52-33-39-74-64(45-52)60-25-11-15-29-70(60)85(74)78-48-67(54-36-41-76-66(47-54)79-57-22-8-7-17-49(57)35-42-77(79)87-76)81-80(82-78)86-71-30-16-12-26-61(71)65-46-53(34-40-75(65)86)51-32-38-73-63(44-51)59-24-10-14-28-69(59)84(73)56-20-5-2-6-21-56/h1-48H. The molecule has 0 atom stereocenters. The van der Waals surface area contributed by atoms with Crippen molar-refractivity contribution in [2.45, 2.75) is 0 Å². The van der Waals surface area contributed by atoms with Crippen molar-refractivity contribution >= 4 is 120 Å². The normalized spacial score (nSPS) is 12.1. The van der Waals surface area contributed by atoms with Gasteiger partial charge < -0.3 is 13.6 Å². The largest absolute Gasteiger partial charge is 0.456 e. The number of hydrogen-bond acceptors (Lipinski definition) is 3. The molecule has 13 aromatic carbocycles. The predicted octanol–water partition coefficient (Wildman–Crippen LogP) is 20.9. The van der Waals surface area contributed by atoms with E-state index in [2.05, 4.69) is 309 Å². The van der Waals surface area contributed by atoms with Crippen LogP contribution in [-0.4, -0.2) is 28.2 Å². The van der Waals surface area contributed by atoms with E-state index in [1.54, 1.807) is 0 Å². The molecule has 6 heterocycles. The van der Waals surface area contributed by atoms with E-state index in [4.69, 9.17) is 14.4 Å². The van der Waals surface area contributed by atoms with E-state index in [1.165, 1.54) is 49.0 Å². The molecule has 0 spiro atoms. The highest BCUT2D eigenvalue weighted by Gasteiger charge is 2.23. The van der Waals surface area contributed by atoms with Crippen LogP contribution in [-0.2, 0) is 0 Å². The van der Waals surface area contributed by atoms with Crippen LogP contribution in [0, 0.1) is 0 Å². The number of aromatic nitrogens is 6. The maximum absolute atomic E-state index is 6.57. The quantitative estimate of drug-likeness (QED) is 0.160. The molecule has 0 radical (unpaired) electrons. The minimum atomic E-state index is 0.574. The van der Waals surface area contributed by atoms with Gasteiger partial charge in [0, 0.05) is 76.9 Å². The minimum Gasteiger partial charge on any atom is -0.456 e. The molecular weight excluding hydrogens is 1060 g/mol. The zero-order valence-corrected chi connectivity index (χ0v) is 46.8. The van der Waals surface area contributed by atoms with Gasteiger partial charge in [-0.25, -0.2) is 4.98 Å². The van der Waals surface area contributed by atoms with Gasteiger partial charge in [0.15, 0.2) is 0 Å². The molecule has 0 saturated carbocycles. The van der Waals surface area contributed by atoms with Gasteiger partial charge in [0.1, 0.15) is 17.0 Å². The van der Waals surface area contributed by atoms with Gasteiger partial charge in [-0.1, -0.05) is 164 Å². The van der Waals surface area contributed by atoms with Crippen molar-refractivity contribution in [1.82, 2.24) is 28.2 Å². The fraction of sp³-hybridized carbons (Fsp3) is 0. The molecule has 0 aliphatic carbocycles. The zero-order valence-electron chi connectivity index (χ0n) is 46.8. The Hall–Kier alpha value is -11.8. The van der Waals surface area contributed by atoms with Crippen LogP contribution in [0.25, 0.3) is 177 Å². The molecule has 0 fully saturated rings. The number of fused-ring (bicyclic) bond motifs is 17. The number of rotatable bonds is 7. The summed E-state index contributed by atoms with van der Waals surface area (Å²) in [6, 6.07) is 105. The predicted molar refractivity (Wildman–Crippen MR) is 360 cm³/mol. The van der Waals surface area contributed by atoms with Gasteiger partial charge in [-0.05, 0) is 154 Å². The Kier molecular flexibility index (Phi) is 10.1. The van der Waals surface area contributed by atoms with Crippen LogP contribution in [0.5, 0.6) is 0 Å². The van der Waals surface area contributed by atoms with E-state index in [0.29, 0.717) is 5.95 Å². The fourth-order valence-electron chi connectivity index (χ4n) is 14.3. The molecule has 7 nitrogen and oxygen atoms in total. The Labute approximate surface area is 497 Å². The molecule has 87 heavy (non-hydrogen) atoms. The Morgan fingerprint density at radius 1 is 0.241 bits per heavy atom. The average molecular weight is 1110 g/mol. The van der Waals surface area contributed by atoms with Crippen molar-refractivity contribution in [2.24, 2.45) is 0 Å². The third-order valence-corrected chi connectivity index (χ3v) is 18.2. The maximum atomic E-state index is 6.57. The highest BCUT2D eigenvalue weighted by atomic mass is 16.3. The van der Waals surface area contributed by atoms with Gasteiger partial charge in [-0.3, -0.25) is 9.13 Å². The first-order valence-corrected chi connectivity index (χ1v) is 29.6. The van der Waals surface area contributed by atoms with Crippen molar-refractivity contribution in [2.75, 3.05) is 0 Å². The topological polar surface area (TPSA) is 58.6 Å². The van der Waals surface area contributed by atoms with Crippen molar-refractivity contribution < 1.29 is 4.42 Å². The first kappa shape index (κ1) is 47.7. The highest BCUT2D eigenvalue weighted by molar-refractivity contribution is 6.20. The molecule has 0 aliphatic heterocycles. The van der Waals surface area contributed by atoms with Crippen molar-refractivity contribution in [3.8, 4) is 56.7 Å². The van der Waals surface area contributed by atoms with Crippen molar-refractivity contribution in [3.05, 3.63) is 291 Å². The average Bonchev–Trinajstić information content (AvgIpc) is 2.18. The lowest BCUT2D eigenvalue weighted by Crippen LogP contribution is -2.07. The lowest BCUT2D eigenvalue weighted by atomic mass is 10.0. The molecule has 0 unspecified atom stereocenters. The summed E-state index contributed by atoms with van der Waals surface area (Å²) in [5.41, 5.74) is 19.2. The Balaban J connectivity index is 0.812. The van der Waals surface area contributed by atoms with Gasteiger partial charge in [0.25, 0.3) is 0 Å². The van der Waals surface area contributed by atoms with Gasteiger partial charge in [0.05, 0.1) is 49.8 Å². The number of hydrogen-bond donors (Lipinski definition) is 0. The van der Waals surface area contributed by atoms with E-state index < -0.39 is 0 Å². The van der Waals surface area contributed by atoms with Crippen molar-refractivity contribution in [3.63, 3.8) is 0 Å². The second kappa shape index (κ2) is 18.3. The van der Waals surface area contributed by atoms with E-state index in [9.17, 15) is 0 Å². The maximum Gasteiger partial charge on any atom is 0.237 e. The Bertz CT molecular complexity index is 5780. The molecule has 0 N–H and O–H groups in total. The minimum absolute atomic E-state index is 0.574. The summed E-state index contributed by atoms with van der Waals surface area (Å²) in [7, 11) is 0. The van der Waals surface area contributed by atoms with E-state index >= 15 is 0 Å². The van der Waals surface area contributed by atoms with Gasteiger partial charge in [-0.15, -0.1) is 0 Å². The van der Waals surface area contributed by atoms with Gasteiger partial charge in [0.2, 0.25) is 5.95 Å². The second-order valence-corrected chi connectivity index (χ2v) is 22.9. The van der Waals surface area contributed by atoms with Crippen LogP contribution < -0.4 is 0 Å². The Morgan fingerprint density at radius 2 is 0.621 bits per heavy atom. The lowest BCUT2D eigenvalue weighted by molar-refractivity contribution is 0.669. The molecule has 404 valence electrons. The fourth-order valence-corrected chi connectivity index (χ4v) is 14.3. The second-order valence-electron chi connectivity index (χ2n) is 22.9. The number of para-hydroxylation sites is 6. The molecule has 6 aromatic heterocycles. The zero-order chi connectivity index (χ0) is 56.8. The van der Waals surface area contributed by atoms with E-state index in [1.807, 2.05) is 0 Å². The summed E-state index contributed by atoms with van der Waals surface area (Å²) in [6.45, 7) is 0. The SMILES string of the molecule is c1ccc(-n2c3ccccc3c3cc(-c4ccc5c(c4)c4ccccc4n5-c4cc(-c5ccc6oc7ccc8ccccc8c7c6c5)nc(-n5c6ccccc6c6cc(-c7ccc8c(c7)c7ccccc7n8-c7ccccc7)ccc65)n4)ccc32)cc1. The van der Waals surface area contributed by atoms with Crippen LogP contribution in [0.1, 0.15) is 0 Å². The van der Waals surface area contributed by atoms with E-state index in [0.717, 1.165) is 122 Å².